The fourth-order valence-electron chi connectivity index (χ4n) is 1.39. The van der Waals surface area contributed by atoms with Crippen LogP contribution in [0.5, 0.6) is 0 Å². The Morgan fingerprint density at radius 1 is 1.18 bits per heavy atom. The monoisotopic (exact) mass is 246 g/mol. The van der Waals surface area contributed by atoms with Gasteiger partial charge in [-0.1, -0.05) is 18.2 Å². The van der Waals surface area contributed by atoms with Crippen molar-refractivity contribution >= 4 is 23.2 Å². The molecule has 0 spiro atoms. The van der Waals surface area contributed by atoms with Crippen molar-refractivity contribution in [3.63, 3.8) is 0 Å². The lowest BCUT2D eigenvalue weighted by Gasteiger charge is -1.92. The lowest BCUT2D eigenvalue weighted by molar-refractivity contribution is 0.105. The van der Waals surface area contributed by atoms with Crippen molar-refractivity contribution in [3.05, 3.63) is 63.6 Å². The Kier molecular flexibility index (Phi) is 3.49. The summed E-state index contributed by atoms with van der Waals surface area (Å²) in [7, 11) is 0. The number of thiophene rings is 1. The number of halogens is 1. The minimum absolute atomic E-state index is 0.0209. The van der Waals surface area contributed by atoms with Gasteiger partial charge in [0.25, 0.3) is 0 Å². The summed E-state index contributed by atoms with van der Waals surface area (Å²) in [6.45, 7) is 1.96. The Bertz CT molecular complexity index is 552. The SMILES string of the molecule is Cc1ccc(C(=O)/C=C/c2ccc(F)cc2)s1. The molecule has 3 heteroatoms. The lowest BCUT2D eigenvalue weighted by atomic mass is 10.2. The molecule has 17 heavy (non-hydrogen) atoms. The minimum atomic E-state index is -0.276. The maximum absolute atomic E-state index is 12.7. The summed E-state index contributed by atoms with van der Waals surface area (Å²) in [5, 5.41) is 0. The van der Waals surface area contributed by atoms with Crippen LogP contribution < -0.4 is 0 Å². The van der Waals surface area contributed by atoms with Gasteiger partial charge in [-0.15, -0.1) is 11.3 Å². The molecule has 2 aromatic rings. The largest absolute Gasteiger partial charge is 0.288 e. The van der Waals surface area contributed by atoms with Crippen molar-refractivity contribution in [2.75, 3.05) is 0 Å². The van der Waals surface area contributed by atoms with E-state index in [1.54, 1.807) is 18.2 Å². The van der Waals surface area contributed by atoms with Gasteiger partial charge < -0.3 is 0 Å². The van der Waals surface area contributed by atoms with Crippen LogP contribution in [0.1, 0.15) is 20.1 Å². The van der Waals surface area contributed by atoms with Gasteiger partial charge in [-0.3, -0.25) is 4.79 Å². The van der Waals surface area contributed by atoms with Crippen LogP contribution >= 0.6 is 11.3 Å². The van der Waals surface area contributed by atoms with Gasteiger partial charge in [0.15, 0.2) is 5.78 Å². The summed E-state index contributed by atoms with van der Waals surface area (Å²) in [5.41, 5.74) is 0.813. The van der Waals surface area contributed by atoms with Gasteiger partial charge in [0.2, 0.25) is 0 Å². The highest BCUT2D eigenvalue weighted by atomic mass is 32.1. The highest BCUT2D eigenvalue weighted by molar-refractivity contribution is 7.14. The molecule has 0 unspecified atom stereocenters. The molecular formula is C14H11FOS. The Labute approximate surface area is 103 Å². The predicted octanol–water partition coefficient (Wildman–Crippen LogP) is 4.09. The number of hydrogen-bond acceptors (Lipinski definition) is 2. The smallest absolute Gasteiger partial charge is 0.195 e. The van der Waals surface area contributed by atoms with E-state index in [9.17, 15) is 9.18 Å². The molecule has 1 aromatic carbocycles. The normalized spacial score (nSPS) is 10.9. The van der Waals surface area contributed by atoms with Crippen LogP contribution in [-0.4, -0.2) is 5.78 Å². The van der Waals surface area contributed by atoms with Gasteiger partial charge in [0.1, 0.15) is 5.82 Å². The van der Waals surface area contributed by atoms with E-state index in [0.29, 0.717) is 0 Å². The zero-order valence-electron chi connectivity index (χ0n) is 9.31. The maximum atomic E-state index is 12.7. The van der Waals surface area contributed by atoms with Crippen molar-refractivity contribution in [2.45, 2.75) is 6.92 Å². The Hall–Kier alpha value is -1.74. The van der Waals surface area contributed by atoms with Crippen LogP contribution in [0, 0.1) is 12.7 Å². The fraction of sp³-hybridized carbons (Fsp3) is 0.0714. The van der Waals surface area contributed by atoms with Gasteiger partial charge in [-0.05, 0) is 42.8 Å². The maximum Gasteiger partial charge on any atom is 0.195 e. The molecule has 0 fully saturated rings. The number of rotatable bonds is 3. The number of carbonyl (C=O) groups excluding carboxylic acids is 1. The fourth-order valence-corrected chi connectivity index (χ4v) is 2.18. The average molecular weight is 246 g/mol. The van der Waals surface area contributed by atoms with E-state index in [0.717, 1.165) is 15.3 Å². The third-order valence-corrected chi connectivity index (χ3v) is 3.30. The molecule has 0 atom stereocenters. The summed E-state index contributed by atoms with van der Waals surface area (Å²) in [5.74, 6) is -0.296. The topological polar surface area (TPSA) is 17.1 Å². The number of hydrogen-bond donors (Lipinski definition) is 0. The average Bonchev–Trinajstić information content (AvgIpc) is 2.75. The van der Waals surface area contributed by atoms with Crippen molar-refractivity contribution < 1.29 is 9.18 Å². The summed E-state index contributed by atoms with van der Waals surface area (Å²) < 4.78 is 12.7. The van der Waals surface area contributed by atoms with Crippen LogP contribution in [0.4, 0.5) is 4.39 Å². The second-order valence-corrected chi connectivity index (χ2v) is 4.95. The first-order chi connectivity index (χ1) is 8.15. The number of carbonyl (C=O) groups is 1. The number of benzene rings is 1. The first-order valence-corrected chi connectivity index (χ1v) is 6.01. The van der Waals surface area contributed by atoms with E-state index in [1.165, 1.54) is 29.5 Å². The third kappa shape index (κ3) is 3.11. The highest BCUT2D eigenvalue weighted by Crippen LogP contribution is 2.16. The van der Waals surface area contributed by atoms with Crippen LogP contribution in [0.25, 0.3) is 6.08 Å². The van der Waals surface area contributed by atoms with E-state index in [-0.39, 0.29) is 11.6 Å². The summed E-state index contributed by atoms with van der Waals surface area (Å²) in [6, 6.07) is 9.76. The van der Waals surface area contributed by atoms with Gasteiger partial charge in [-0.25, -0.2) is 4.39 Å². The van der Waals surface area contributed by atoms with Crippen molar-refractivity contribution in [2.24, 2.45) is 0 Å². The molecule has 0 amide bonds. The number of allylic oxidation sites excluding steroid dienone is 1. The molecule has 0 aliphatic carbocycles. The first kappa shape index (κ1) is 11.7. The molecule has 0 bridgehead atoms. The molecule has 0 radical (unpaired) electrons. The second kappa shape index (κ2) is 5.06. The minimum Gasteiger partial charge on any atom is -0.288 e. The quantitative estimate of drug-likeness (QED) is 0.589. The van der Waals surface area contributed by atoms with E-state index in [2.05, 4.69) is 0 Å². The highest BCUT2D eigenvalue weighted by Gasteiger charge is 2.03. The van der Waals surface area contributed by atoms with Crippen LogP contribution in [0.2, 0.25) is 0 Å². The number of ketones is 1. The van der Waals surface area contributed by atoms with Gasteiger partial charge >= 0.3 is 0 Å². The molecule has 0 saturated carbocycles. The van der Waals surface area contributed by atoms with Gasteiger partial charge in [-0.2, -0.15) is 0 Å². The van der Waals surface area contributed by atoms with Crippen LogP contribution in [-0.2, 0) is 0 Å². The first-order valence-electron chi connectivity index (χ1n) is 5.19. The van der Waals surface area contributed by atoms with E-state index in [1.807, 2.05) is 19.1 Å². The molecular weight excluding hydrogens is 235 g/mol. The molecule has 1 nitrogen and oxygen atoms in total. The second-order valence-electron chi connectivity index (χ2n) is 3.66. The molecule has 1 aromatic heterocycles. The van der Waals surface area contributed by atoms with Crippen LogP contribution in [0.3, 0.4) is 0 Å². The number of aryl methyl sites for hydroxylation is 1. The van der Waals surface area contributed by atoms with Crippen molar-refractivity contribution in [1.29, 1.82) is 0 Å². The summed E-state index contributed by atoms with van der Waals surface area (Å²) in [4.78, 5) is 13.6. The molecule has 0 N–H and O–H groups in total. The standard InChI is InChI=1S/C14H11FOS/c1-10-2-9-14(17-10)13(16)8-5-11-3-6-12(15)7-4-11/h2-9H,1H3/b8-5+. The Morgan fingerprint density at radius 2 is 1.88 bits per heavy atom. The van der Waals surface area contributed by atoms with Crippen molar-refractivity contribution in [1.82, 2.24) is 0 Å². The molecule has 0 aliphatic heterocycles. The lowest BCUT2D eigenvalue weighted by Crippen LogP contribution is -1.88. The molecule has 1 heterocycles. The van der Waals surface area contributed by atoms with Crippen LogP contribution in [0.15, 0.2) is 42.5 Å². The van der Waals surface area contributed by atoms with E-state index >= 15 is 0 Å². The zero-order valence-corrected chi connectivity index (χ0v) is 10.1. The van der Waals surface area contributed by atoms with E-state index < -0.39 is 0 Å². The Balaban J connectivity index is 2.10. The van der Waals surface area contributed by atoms with Gasteiger partial charge in [0.05, 0.1) is 4.88 Å². The van der Waals surface area contributed by atoms with Crippen molar-refractivity contribution in [3.8, 4) is 0 Å². The van der Waals surface area contributed by atoms with Gasteiger partial charge in [0, 0.05) is 4.88 Å². The Morgan fingerprint density at radius 3 is 2.47 bits per heavy atom. The summed E-state index contributed by atoms with van der Waals surface area (Å²) >= 11 is 1.47. The molecule has 0 saturated heterocycles. The zero-order chi connectivity index (χ0) is 12.3. The van der Waals surface area contributed by atoms with E-state index in [4.69, 9.17) is 0 Å². The molecule has 2 rings (SSSR count). The third-order valence-electron chi connectivity index (χ3n) is 2.28. The summed E-state index contributed by atoms with van der Waals surface area (Å²) in [6.07, 6.45) is 3.20. The molecule has 0 aliphatic rings. The predicted molar refractivity (Wildman–Crippen MR) is 68.8 cm³/mol. The molecule has 86 valence electrons.